The number of aromatic carboxylic acids is 1. The highest BCUT2D eigenvalue weighted by Crippen LogP contribution is 2.48. The lowest BCUT2D eigenvalue weighted by molar-refractivity contribution is -0.144. The van der Waals surface area contributed by atoms with Crippen LogP contribution in [0.2, 0.25) is 0 Å². The maximum atomic E-state index is 12.4. The van der Waals surface area contributed by atoms with E-state index in [1.165, 1.54) is 25.3 Å². The van der Waals surface area contributed by atoms with E-state index < -0.39 is 17.5 Å². The van der Waals surface area contributed by atoms with Crippen LogP contribution in [-0.4, -0.2) is 29.3 Å². The van der Waals surface area contributed by atoms with Gasteiger partial charge in [0.15, 0.2) is 0 Å². The Kier molecular flexibility index (Phi) is 5.12. The van der Waals surface area contributed by atoms with Crippen molar-refractivity contribution < 1.29 is 29.3 Å². The molecule has 4 rings (SSSR count). The highest BCUT2D eigenvalue weighted by molar-refractivity contribution is 5.91. The van der Waals surface area contributed by atoms with E-state index in [2.05, 4.69) is 0 Å². The molecule has 1 unspecified atom stereocenters. The number of carboxylic acids is 2. The van der Waals surface area contributed by atoms with Crippen molar-refractivity contribution in [3.8, 4) is 17.2 Å². The summed E-state index contributed by atoms with van der Waals surface area (Å²) in [4.78, 5) is 23.8. The smallest absolute Gasteiger partial charge is 0.339 e. The van der Waals surface area contributed by atoms with Crippen LogP contribution in [0.15, 0.2) is 66.7 Å². The highest BCUT2D eigenvalue weighted by atomic mass is 16.5. The van der Waals surface area contributed by atoms with Crippen molar-refractivity contribution in [1.82, 2.24) is 0 Å². The van der Waals surface area contributed by atoms with Crippen molar-refractivity contribution in [2.75, 3.05) is 7.11 Å². The van der Waals surface area contributed by atoms with Crippen LogP contribution in [0.4, 0.5) is 0 Å². The molecule has 0 saturated heterocycles. The van der Waals surface area contributed by atoms with Gasteiger partial charge in [0, 0.05) is 17.0 Å². The standard InChI is InChI=1S/C24H21NO6/c1-30-21-12-14(10-11-17(21)22(26)27)24(25,23(28)29)13-18-15-6-2-4-8-19(15)31-20-9-5-3-7-16(18)20/h2-12,18H,13,25H2,1H3,(H,26,27)(H,28,29). The molecule has 0 aromatic heterocycles. The number of carbonyl (C=O) groups is 2. The molecule has 0 radical (unpaired) electrons. The number of benzene rings is 3. The molecule has 0 fully saturated rings. The van der Waals surface area contributed by atoms with Crippen LogP contribution in [0, 0.1) is 0 Å². The summed E-state index contributed by atoms with van der Waals surface area (Å²) in [6, 6.07) is 19.0. The van der Waals surface area contributed by atoms with Crippen molar-refractivity contribution in [1.29, 1.82) is 0 Å². The summed E-state index contributed by atoms with van der Waals surface area (Å²) in [5.74, 6) is -1.38. The predicted molar refractivity (Wildman–Crippen MR) is 113 cm³/mol. The Morgan fingerprint density at radius 3 is 2.10 bits per heavy atom. The molecule has 0 saturated carbocycles. The normalized spacial score (nSPS) is 14.5. The molecule has 0 amide bonds. The van der Waals surface area contributed by atoms with E-state index >= 15 is 0 Å². The average Bonchev–Trinajstić information content (AvgIpc) is 2.78. The molecular formula is C24H21NO6. The molecule has 0 spiro atoms. The summed E-state index contributed by atoms with van der Waals surface area (Å²) in [5.41, 5.74) is 6.58. The van der Waals surface area contributed by atoms with E-state index in [1.807, 2.05) is 48.5 Å². The maximum absolute atomic E-state index is 12.4. The summed E-state index contributed by atoms with van der Waals surface area (Å²) < 4.78 is 11.2. The fourth-order valence-electron chi connectivity index (χ4n) is 4.02. The molecule has 3 aromatic carbocycles. The number of para-hydroxylation sites is 2. The van der Waals surface area contributed by atoms with Crippen molar-refractivity contribution in [2.24, 2.45) is 5.73 Å². The fourth-order valence-corrected chi connectivity index (χ4v) is 4.02. The van der Waals surface area contributed by atoms with Gasteiger partial charge in [0.2, 0.25) is 0 Å². The van der Waals surface area contributed by atoms with Crippen molar-refractivity contribution in [3.05, 3.63) is 89.0 Å². The first-order valence-electron chi connectivity index (χ1n) is 9.65. The zero-order valence-electron chi connectivity index (χ0n) is 16.7. The van der Waals surface area contributed by atoms with E-state index in [4.69, 9.17) is 15.2 Å². The van der Waals surface area contributed by atoms with E-state index in [-0.39, 0.29) is 29.2 Å². The average molecular weight is 419 g/mol. The van der Waals surface area contributed by atoms with Gasteiger partial charge in [0.25, 0.3) is 0 Å². The minimum atomic E-state index is -1.80. The summed E-state index contributed by atoms with van der Waals surface area (Å²) >= 11 is 0. The first-order valence-corrected chi connectivity index (χ1v) is 9.65. The van der Waals surface area contributed by atoms with Crippen LogP contribution in [0.1, 0.15) is 39.4 Å². The minimum absolute atomic E-state index is 0.0370. The van der Waals surface area contributed by atoms with Gasteiger partial charge in [-0.2, -0.15) is 0 Å². The number of methoxy groups -OCH3 is 1. The van der Waals surface area contributed by atoms with E-state index in [0.29, 0.717) is 11.5 Å². The number of hydrogen-bond acceptors (Lipinski definition) is 5. The monoisotopic (exact) mass is 419 g/mol. The van der Waals surface area contributed by atoms with Crippen LogP contribution in [-0.2, 0) is 10.3 Å². The molecule has 158 valence electrons. The summed E-state index contributed by atoms with van der Waals surface area (Å²) in [7, 11) is 1.33. The Morgan fingerprint density at radius 1 is 1.00 bits per heavy atom. The van der Waals surface area contributed by atoms with Gasteiger partial charge in [-0.15, -0.1) is 0 Å². The van der Waals surface area contributed by atoms with Gasteiger partial charge in [-0.05, 0) is 36.2 Å². The molecule has 1 atom stereocenters. The predicted octanol–water partition coefficient (Wildman–Crippen LogP) is 3.96. The Bertz CT molecular complexity index is 1130. The third-order valence-corrected chi connectivity index (χ3v) is 5.66. The first kappa shape index (κ1) is 20.4. The number of nitrogens with two attached hydrogens (primary N) is 1. The Balaban J connectivity index is 1.83. The quantitative estimate of drug-likeness (QED) is 0.553. The molecule has 31 heavy (non-hydrogen) atoms. The second kappa shape index (κ2) is 7.77. The number of aliphatic carboxylic acids is 1. The Hall–Kier alpha value is -3.84. The van der Waals surface area contributed by atoms with Gasteiger partial charge >= 0.3 is 11.9 Å². The number of rotatable bonds is 6. The van der Waals surface area contributed by atoms with Crippen molar-refractivity contribution in [2.45, 2.75) is 17.9 Å². The van der Waals surface area contributed by atoms with Gasteiger partial charge in [0.05, 0.1) is 7.11 Å². The van der Waals surface area contributed by atoms with Crippen LogP contribution in [0.25, 0.3) is 0 Å². The molecular weight excluding hydrogens is 398 g/mol. The molecule has 1 heterocycles. The van der Waals surface area contributed by atoms with Gasteiger partial charge in [0.1, 0.15) is 28.4 Å². The van der Waals surface area contributed by atoms with Gasteiger partial charge in [-0.25, -0.2) is 9.59 Å². The number of ether oxygens (including phenoxy) is 2. The second-order valence-electron chi connectivity index (χ2n) is 7.43. The third-order valence-electron chi connectivity index (χ3n) is 5.66. The largest absolute Gasteiger partial charge is 0.496 e. The summed E-state index contributed by atoms with van der Waals surface area (Å²) in [6.45, 7) is 0. The third kappa shape index (κ3) is 3.49. The molecule has 0 bridgehead atoms. The van der Waals surface area contributed by atoms with Gasteiger partial charge < -0.3 is 25.4 Å². The first-order chi connectivity index (χ1) is 14.8. The molecule has 3 aromatic rings. The highest BCUT2D eigenvalue weighted by Gasteiger charge is 2.42. The Morgan fingerprint density at radius 2 is 1.58 bits per heavy atom. The fraction of sp³-hybridized carbons (Fsp3) is 0.167. The van der Waals surface area contributed by atoms with Crippen LogP contribution in [0.3, 0.4) is 0 Å². The summed E-state index contributed by atoms with van der Waals surface area (Å²) in [6.07, 6.45) is 0.0370. The zero-order chi connectivity index (χ0) is 22.2. The lowest BCUT2D eigenvalue weighted by atomic mass is 9.75. The molecule has 7 heteroatoms. The van der Waals surface area contributed by atoms with Gasteiger partial charge in [-0.1, -0.05) is 42.5 Å². The second-order valence-corrected chi connectivity index (χ2v) is 7.43. The van der Waals surface area contributed by atoms with Crippen molar-refractivity contribution in [3.63, 3.8) is 0 Å². The number of carboxylic acid groups (broad SMARTS) is 2. The molecule has 7 nitrogen and oxygen atoms in total. The maximum Gasteiger partial charge on any atom is 0.339 e. The molecule has 4 N–H and O–H groups in total. The van der Waals surface area contributed by atoms with Crippen LogP contribution in [0.5, 0.6) is 17.2 Å². The lowest BCUT2D eigenvalue weighted by Gasteiger charge is -2.34. The lowest BCUT2D eigenvalue weighted by Crippen LogP contribution is -2.46. The molecule has 1 aliphatic rings. The molecule has 1 aliphatic heterocycles. The van der Waals surface area contributed by atoms with Crippen molar-refractivity contribution >= 4 is 11.9 Å². The Labute approximate surface area is 178 Å². The van der Waals surface area contributed by atoms with E-state index in [1.54, 1.807) is 0 Å². The topological polar surface area (TPSA) is 119 Å². The van der Waals surface area contributed by atoms with E-state index in [9.17, 15) is 19.8 Å². The van der Waals surface area contributed by atoms with Gasteiger partial charge in [-0.3, -0.25) is 0 Å². The van der Waals surface area contributed by atoms with Crippen LogP contribution < -0.4 is 15.2 Å². The summed E-state index contributed by atoms with van der Waals surface area (Å²) in [5, 5.41) is 19.5. The van der Waals surface area contributed by atoms with E-state index in [0.717, 1.165) is 11.1 Å². The SMILES string of the molecule is COc1cc(C(N)(CC2c3ccccc3Oc3ccccc32)C(=O)O)ccc1C(=O)O. The number of fused-ring (bicyclic) bond motifs is 2. The number of hydrogen-bond donors (Lipinski definition) is 3. The van der Waals surface area contributed by atoms with Crippen LogP contribution >= 0.6 is 0 Å². The zero-order valence-corrected chi connectivity index (χ0v) is 16.7. The molecule has 0 aliphatic carbocycles. The minimum Gasteiger partial charge on any atom is -0.496 e.